The number of aromatic nitrogens is 2. The summed E-state index contributed by atoms with van der Waals surface area (Å²) in [5.74, 6) is 0.860. The molecule has 3 aromatic rings. The number of ether oxygens (including phenoxy) is 2. The van der Waals surface area contributed by atoms with Crippen molar-refractivity contribution >= 4 is 23.0 Å². The van der Waals surface area contributed by atoms with Gasteiger partial charge in [0.15, 0.2) is 0 Å². The third-order valence-corrected chi connectivity index (χ3v) is 6.07. The van der Waals surface area contributed by atoms with Crippen LogP contribution in [-0.2, 0) is 16.0 Å². The van der Waals surface area contributed by atoms with Crippen molar-refractivity contribution in [2.75, 3.05) is 50.1 Å². The van der Waals surface area contributed by atoms with E-state index >= 15 is 0 Å². The molecule has 2 aliphatic rings. The third kappa shape index (κ3) is 5.87. The zero-order valence-electron chi connectivity index (χ0n) is 19.4. The summed E-state index contributed by atoms with van der Waals surface area (Å²) >= 11 is 0. The van der Waals surface area contributed by atoms with E-state index in [0.717, 1.165) is 56.3 Å². The number of fused-ring (bicyclic) bond motifs is 1. The molecule has 182 valence electrons. The van der Waals surface area contributed by atoms with Crippen molar-refractivity contribution in [3.63, 3.8) is 0 Å². The lowest BCUT2D eigenvalue weighted by molar-refractivity contribution is -0.110. The zero-order valence-corrected chi connectivity index (χ0v) is 19.4. The van der Waals surface area contributed by atoms with Gasteiger partial charge in [-0.25, -0.2) is 4.39 Å². The van der Waals surface area contributed by atoms with Crippen LogP contribution in [0.4, 0.5) is 15.9 Å². The van der Waals surface area contributed by atoms with Crippen molar-refractivity contribution in [1.82, 2.24) is 15.1 Å². The highest BCUT2D eigenvalue weighted by atomic mass is 19.1. The second-order valence-corrected chi connectivity index (χ2v) is 8.60. The molecule has 0 aliphatic carbocycles. The van der Waals surface area contributed by atoms with Gasteiger partial charge in [0.05, 0.1) is 36.8 Å². The molecule has 2 aromatic carbocycles. The fraction of sp³-hybridized carbons (Fsp3) is 0.308. The Balaban J connectivity index is 1.10. The number of H-pyrrole nitrogens is 1. The van der Waals surface area contributed by atoms with Crippen LogP contribution in [0.3, 0.4) is 0 Å². The summed E-state index contributed by atoms with van der Waals surface area (Å²) in [5, 5.41) is 13.0. The van der Waals surface area contributed by atoms with Gasteiger partial charge in [-0.15, -0.1) is 0 Å². The standard InChI is InChI=1S/C26H28FN5O3/c27-19-4-7-22-23(26(33)29-24(22)15-19)17-28-25-16-20(30-31-25)14-18-2-5-21(6-3-18)35-11-1-8-32-9-12-34-13-10-32/h2-7,15-17H,1,8-14H2,(H,29,33)(H2,28,30,31)/b23-17+. The van der Waals surface area contributed by atoms with Crippen LogP contribution in [-0.4, -0.2) is 60.5 Å². The van der Waals surface area contributed by atoms with E-state index in [1.807, 2.05) is 30.3 Å². The molecule has 8 nitrogen and oxygen atoms in total. The molecule has 3 N–H and O–H groups in total. The number of rotatable bonds is 9. The van der Waals surface area contributed by atoms with Gasteiger partial charge in [-0.05, 0) is 42.3 Å². The first kappa shape index (κ1) is 23.1. The largest absolute Gasteiger partial charge is 0.494 e. The molecule has 0 saturated carbocycles. The van der Waals surface area contributed by atoms with Gasteiger partial charge in [0.2, 0.25) is 0 Å². The van der Waals surface area contributed by atoms with Crippen LogP contribution < -0.4 is 15.4 Å². The van der Waals surface area contributed by atoms with Crippen molar-refractivity contribution in [3.8, 4) is 5.75 Å². The lowest BCUT2D eigenvalue weighted by Crippen LogP contribution is -2.37. The molecule has 35 heavy (non-hydrogen) atoms. The molecule has 1 fully saturated rings. The summed E-state index contributed by atoms with van der Waals surface area (Å²) in [6, 6.07) is 14.2. The van der Waals surface area contributed by atoms with Crippen LogP contribution in [0.15, 0.2) is 54.7 Å². The minimum Gasteiger partial charge on any atom is -0.494 e. The van der Waals surface area contributed by atoms with Gasteiger partial charge < -0.3 is 20.1 Å². The number of nitrogens with zero attached hydrogens (tertiary/aromatic N) is 2. The smallest absolute Gasteiger partial charge is 0.257 e. The monoisotopic (exact) mass is 477 g/mol. The number of aromatic amines is 1. The number of carbonyl (C=O) groups is 1. The second kappa shape index (κ2) is 10.7. The normalized spacial score (nSPS) is 16.8. The average Bonchev–Trinajstić information content (AvgIpc) is 3.44. The Labute approximate surface area is 203 Å². The Bertz CT molecular complexity index is 1200. The highest BCUT2D eigenvalue weighted by Gasteiger charge is 2.24. The number of benzene rings is 2. The van der Waals surface area contributed by atoms with Crippen LogP contribution in [0.25, 0.3) is 5.57 Å². The number of morpholine rings is 1. The SMILES string of the molecule is O=C1Nc2cc(F)ccc2/C1=C\Nc1cc(Cc2ccc(OCCCN3CCOCC3)cc2)n[nH]1. The maximum atomic E-state index is 13.4. The summed E-state index contributed by atoms with van der Waals surface area (Å²) < 4.78 is 24.6. The first-order valence-corrected chi connectivity index (χ1v) is 11.8. The van der Waals surface area contributed by atoms with Gasteiger partial charge in [0, 0.05) is 43.9 Å². The summed E-state index contributed by atoms with van der Waals surface area (Å²) in [5.41, 5.74) is 3.55. The van der Waals surface area contributed by atoms with Crippen LogP contribution in [0, 0.1) is 5.82 Å². The number of amides is 1. The van der Waals surface area contributed by atoms with Gasteiger partial charge in [0.25, 0.3) is 5.91 Å². The van der Waals surface area contributed by atoms with E-state index in [2.05, 4.69) is 25.7 Å². The van der Waals surface area contributed by atoms with Crippen LogP contribution in [0.5, 0.6) is 5.75 Å². The minimum atomic E-state index is -0.389. The van der Waals surface area contributed by atoms with Gasteiger partial charge in [-0.2, -0.15) is 5.10 Å². The van der Waals surface area contributed by atoms with Crippen molar-refractivity contribution in [2.45, 2.75) is 12.8 Å². The Hall–Kier alpha value is -3.69. The number of carbonyl (C=O) groups excluding carboxylic acids is 1. The van der Waals surface area contributed by atoms with Gasteiger partial charge in [-0.3, -0.25) is 14.8 Å². The molecular formula is C26H28FN5O3. The molecule has 0 atom stereocenters. The molecule has 1 saturated heterocycles. The molecule has 9 heteroatoms. The number of hydrogen-bond donors (Lipinski definition) is 3. The molecule has 5 rings (SSSR count). The van der Waals surface area contributed by atoms with E-state index in [9.17, 15) is 9.18 Å². The highest BCUT2D eigenvalue weighted by Crippen LogP contribution is 2.32. The van der Waals surface area contributed by atoms with Crippen LogP contribution in [0.1, 0.15) is 23.2 Å². The first-order chi connectivity index (χ1) is 17.1. The number of nitrogens with one attached hydrogen (secondary N) is 3. The predicted molar refractivity (Wildman–Crippen MR) is 132 cm³/mol. The zero-order chi connectivity index (χ0) is 24.0. The topological polar surface area (TPSA) is 91.5 Å². The van der Waals surface area contributed by atoms with Crippen molar-refractivity contribution < 1.29 is 18.7 Å². The van der Waals surface area contributed by atoms with Crippen molar-refractivity contribution in [3.05, 3.63) is 77.4 Å². The molecule has 3 heterocycles. The fourth-order valence-corrected chi connectivity index (χ4v) is 4.20. The number of anilines is 2. The predicted octanol–water partition coefficient (Wildman–Crippen LogP) is 3.65. The molecule has 0 radical (unpaired) electrons. The van der Waals surface area contributed by atoms with Crippen molar-refractivity contribution in [1.29, 1.82) is 0 Å². The molecule has 1 aromatic heterocycles. The molecule has 0 bridgehead atoms. The molecule has 0 unspecified atom stereocenters. The third-order valence-electron chi connectivity index (χ3n) is 6.07. The molecule has 1 amide bonds. The number of halogens is 1. The average molecular weight is 478 g/mol. The second-order valence-electron chi connectivity index (χ2n) is 8.60. The number of hydrogen-bond acceptors (Lipinski definition) is 6. The van der Waals surface area contributed by atoms with Crippen molar-refractivity contribution in [2.24, 2.45) is 0 Å². The van der Waals surface area contributed by atoms with E-state index in [1.54, 1.807) is 12.3 Å². The lowest BCUT2D eigenvalue weighted by Gasteiger charge is -2.26. The summed E-state index contributed by atoms with van der Waals surface area (Å²) in [4.78, 5) is 14.6. The fourth-order valence-electron chi connectivity index (χ4n) is 4.20. The Kier molecular flexibility index (Phi) is 7.06. The van der Waals surface area contributed by atoms with Gasteiger partial charge >= 0.3 is 0 Å². The molecular weight excluding hydrogens is 449 g/mol. The molecule has 0 spiro atoms. The lowest BCUT2D eigenvalue weighted by atomic mass is 10.1. The van der Waals surface area contributed by atoms with Gasteiger partial charge in [-0.1, -0.05) is 12.1 Å². The van der Waals surface area contributed by atoms with E-state index < -0.39 is 0 Å². The van der Waals surface area contributed by atoms with E-state index in [-0.39, 0.29) is 11.7 Å². The minimum absolute atomic E-state index is 0.277. The first-order valence-electron chi connectivity index (χ1n) is 11.8. The maximum absolute atomic E-state index is 13.4. The quantitative estimate of drug-likeness (QED) is 0.322. The molecule has 2 aliphatic heterocycles. The maximum Gasteiger partial charge on any atom is 0.257 e. The van der Waals surface area contributed by atoms with E-state index in [0.29, 0.717) is 35.7 Å². The highest BCUT2D eigenvalue weighted by molar-refractivity contribution is 6.31. The summed E-state index contributed by atoms with van der Waals surface area (Å²) in [6.07, 6.45) is 3.25. The summed E-state index contributed by atoms with van der Waals surface area (Å²) in [7, 11) is 0. The summed E-state index contributed by atoms with van der Waals surface area (Å²) in [6.45, 7) is 5.37. The van der Waals surface area contributed by atoms with Gasteiger partial charge in [0.1, 0.15) is 17.4 Å². The van der Waals surface area contributed by atoms with E-state index in [4.69, 9.17) is 9.47 Å². The van der Waals surface area contributed by atoms with E-state index in [1.165, 1.54) is 12.1 Å². The Morgan fingerprint density at radius 3 is 2.80 bits per heavy atom. The Morgan fingerprint density at radius 1 is 1.14 bits per heavy atom. The van der Waals surface area contributed by atoms with Crippen LogP contribution in [0.2, 0.25) is 0 Å². The Morgan fingerprint density at radius 2 is 1.97 bits per heavy atom. The van der Waals surface area contributed by atoms with Crippen LogP contribution >= 0.6 is 0 Å².